The number of nitrogens with zero attached hydrogens (tertiary/aromatic N) is 3. The van der Waals surface area contributed by atoms with Crippen molar-refractivity contribution in [2.75, 3.05) is 25.4 Å². The molecule has 0 radical (unpaired) electrons. The van der Waals surface area contributed by atoms with E-state index in [1.54, 1.807) is 29.3 Å². The molecule has 5 nitrogen and oxygen atoms in total. The predicted octanol–water partition coefficient (Wildman–Crippen LogP) is 3.47. The lowest BCUT2D eigenvalue weighted by atomic mass is 10.00. The average molecular weight is 419 g/mol. The quantitative estimate of drug-likeness (QED) is 0.632. The number of piperidine rings is 1. The van der Waals surface area contributed by atoms with Crippen molar-refractivity contribution in [3.8, 4) is 0 Å². The second-order valence-electron chi connectivity index (χ2n) is 7.32. The van der Waals surface area contributed by atoms with E-state index in [1.807, 2.05) is 18.3 Å². The van der Waals surface area contributed by atoms with Gasteiger partial charge < -0.3 is 15.5 Å². The van der Waals surface area contributed by atoms with Crippen LogP contribution in [0.4, 0.5) is 0 Å². The van der Waals surface area contributed by atoms with Crippen molar-refractivity contribution in [1.29, 1.82) is 0 Å². The molecule has 2 aromatic rings. The number of thioether (sulfide) groups is 1. The molecule has 0 bridgehead atoms. The number of amides is 1. The molecule has 1 unspecified atom stereocenters. The largest absolute Gasteiger partial charge is 0.335 e. The van der Waals surface area contributed by atoms with Crippen LogP contribution in [0.15, 0.2) is 46.2 Å². The fraction of sp³-hybridized carbons (Fsp3) is 0.524. The highest BCUT2D eigenvalue weighted by atomic mass is 32.2. The third-order valence-electron chi connectivity index (χ3n) is 5.40. The molecule has 3 rings (SSSR count). The van der Waals surface area contributed by atoms with Crippen LogP contribution in [0.5, 0.6) is 0 Å². The minimum absolute atomic E-state index is 0.216. The molecule has 0 aromatic carbocycles. The molecule has 152 valence electrons. The number of nitrogens with two attached hydrogens (primary N) is 1. The first-order valence-electron chi connectivity index (χ1n) is 9.95. The SMILES string of the molecule is CC(CCN)N1CCC(N(Cc2ccsc2)C(=O)CSc2cccnc2)CC1. The highest BCUT2D eigenvalue weighted by Gasteiger charge is 2.29. The number of carbonyl (C=O) groups is 1. The van der Waals surface area contributed by atoms with Gasteiger partial charge in [0.05, 0.1) is 5.75 Å². The lowest BCUT2D eigenvalue weighted by Crippen LogP contribution is -2.49. The summed E-state index contributed by atoms with van der Waals surface area (Å²) in [6, 6.07) is 6.87. The van der Waals surface area contributed by atoms with Crippen LogP contribution in [0.25, 0.3) is 0 Å². The van der Waals surface area contributed by atoms with Crippen LogP contribution in [0.3, 0.4) is 0 Å². The maximum atomic E-state index is 13.1. The number of thiophene rings is 1. The van der Waals surface area contributed by atoms with Gasteiger partial charge >= 0.3 is 0 Å². The van der Waals surface area contributed by atoms with Gasteiger partial charge in [0.2, 0.25) is 5.91 Å². The zero-order chi connectivity index (χ0) is 19.8. The third-order valence-corrected chi connectivity index (χ3v) is 7.10. The van der Waals surface area contributed by atoms with E-state index in [0.29, 0.717) is 24.4 Å². The number of rotatable bonds is 9. The monoisotopic (exact) mass is 418 g/mol. The van der Waals surface area contributed by atoms with Gasteiger partial charge in [-0.05, 0) is 67.3 Å². The molecular formula is C21H30N4OS2. The summed E-state index contributed by atoms with van der Waals surface area (Å²) in [5.41, 5.74) is 6.95. The second kappa shape index (κ2) is 11.0. The van der Waals surface area contributed by atoms with Gasteiger partial charge in [-0.1, -0.05) is 0 Å². The van der Waals surface area contributed by atoms with Gasteiger partial charge in [-0.3, -0.25) is 9.78 Å². The molecule has 0 aliphatic carbocycles. The van der Waals surface area contributed by atoms with E-state index in [0.717, 1.165) is 43.8 Å². The summed E-state index contributed by atoms with van der Waals surface area (Å²) in [7, 11) is 0. The number of hydrogen-bond donors (Lipinski definition) is 1. The second-order valence-corrected chi connectivity index (χ2v) is 9.15. The van der Waals surface area contributed by atoms with Crippen LogP contribution in [0, 0.1) is 0 Å². The van der Waals surface area contributed by atoms with E-state index in [9.17, 15) is 4.79 Å². The lowest BCUT2D eigenvalue weighted by molar-refractivity contribution is -0.132. The first-order chi connectivity index (χ1) is 13.7. The topological polar surface area (TPSA) is 62.5 Å². The molecule has 2 aromatic heterocycles. The summed E-state index contributed by atoms with van der Waals surface area (Å²) in [6.07, 6.45) is 6.67. The normalized spacial score (nSPS) is 16.8. The molecule has 1 aliphatic heterocycles. The standard InChI is InChI=1S/C21H30N4OS2/c1-17(4-8-22)24-10-5-19(6-11-24)25(14-18-7-12-27-15-18)21(26)16-28-20-3-2-9-23-13-20/h2-3,7,9,12-13,15,17,19H,4-6,8,10-11,14,16,22H2,1H3. The van der Waals surface area contributed by atoms with Gasteiger partial charge in [-0.15, -0.1) is 11.8 Å². The molecule has 1 amide bonds. The Morgan fingerprint density at radius 2 is 2.25 bits per heavy atom. The summed E-state index contributed by atoms with van der Waals surface area (Å²) in [6.45, 7) is 5.77. The van der Waals surface area contributed by atoms with Gasteiger partial charge in [-0.25, -0.2) is 0 Å². The Bertz CT molecular complexity index is 702. The number of hydrogen-bond acceptors (Lipinski definition) is 6. The zero-order valence-corrected chi connectivity index (χ0v) is 18.1. The Hall–Kier alpha value is -1.41. The first-order valence-corrected chi connectivity index (χ1v) is 11.9. The minimum atomic E-state index is 0.216. The molecule has 7 heteroatoms. The molecule has 1 atom stereocenters. The number of pyridine rings is 1. The number of carbonyl (C=O) groups excluding carboxylic acids is 1. The number of likely N-dealkylation sites (tertiary alicyclic amines) is 1. The molecule has 0 spiro atoms. The maximum Gasteiger partial charge on any atom is 0.233 e. The summed E-state index contributed by atoms with van der Waals surface area (Å²) in [5, 5.41) is 4.23. The van der Waals surface area contributed by atoms with Gasteiger partial charge in [0.15, 0.2) is 0 Å². The average Bonchev–Trinajstić information content (AvgIpc) is 3.25. The van der Waals surface area contributed by atoms with E-state index in [-0.39, 0.29) is 5.91 Å². The Kier molecular flexibility index (Phi) is 8.33. The fourth-order valence-corrected chi connectivity index (χ4v) is 5.15. The third kappa shape index (κ3) is 6.04. The first kappa shape index (κ1) is 21.3. The van der Waals surface area contributed by atoms with Gasteiger partial charge in [0.1, 0.15) is 0 Å². The molecule has 3 heterocycles. The summed E-state index contributed by atoms with van der Waals surface area (Å²) in [5.74, 6) is 0.674. The van der Waals surface area contributed by atoms with Gasteiger partial charge in [0, 0.05) is 49.0 Å². The van der Waals surface area contributed by atoms with Crippen LogP contribution in [0.1, 0.15) is 31.7 Å². The predicted molar refractivity (Wildman–Crippen MR) is 118 cm³/mol. The van der Waals surface area contributed by atoms with E-state index < -0.39 is 0 Å². The Balaban J connectivity index is 1.61. The van der Waals surface area contributed by atoms with Crippen LogP contribution in [0.2, 0.25) is 0 Å². The molecule has 2 N–H and O–H groups in total. The smallest absolute Gasteiger partial charge is 0.233 e. The zero-order valence-electron chi connectivity index (χ0n) is 16.5. The Labute approximate surface area is 176 Å². The Morgan fingerprint density at radius 1 is 1.43 bits per heavy atom. The van der Waals surface area contributed by atoms with Crippen molar-refractivity contribution >= 4 is 29.0 Å². The molecule has 0 saturated carbocycles. The molecule has 1 fully saturated rings. The van der Waals surface area contributed by atoms with Crippen LogP contribution >= 0.6 is 23.1 Å². The fourth-order valence-electron chi connectivity index (χ4n) is 3.72. The van der Waals surface area contributed by atoms with Crippen LogP contribution in [-0.4, -0.2) is 58.2 Å². The molecule has 28 heavy (non-hydrogen) atoms. The van der Waals surface area contributed by atoms with Crippen molar-refractivity contribution in [2.45, 2.75) is 49.7 Å². The minimum Gasteiger partial charge on any atom is -0.335 e. The maximum absolute atomic E-state index is 13.1. The van der Waals surface area contributed by atoms with Crippen molar-refractivity contribution in [2.24, 2.45) is 5.73 Å². The van der Waals surface area contributed by atoms with Crippen molar-refractivity contribution in [3.05, 3.63) is 46.9 Å². The summed E-state index contributed by atoms with van der Waals surface area (Å²) in [4.78, 5) is 22.9. The van der Waals surface area contributed by atoms with Crippen LogP contribution in [-0.2, 0) is 11.3 Å². The van der Waals surface area contributed by atoms with E-state index in [2.05, 4.69) is 38.5 Å². The van der Waals surface area contributed by atoms with E-state index in [4.69, 9.17) is 5.73 Å². The molecule has 1 aliphatic rings. The highest BCUT2D eigenvalue weighted by molar-refractivity contribution is 8.00. The summed E-state index contributed by atoms with van der Waals surface area (Å²) < 4.78 is 0. The van der Waals surface area contributed by atoms with E-state index in [1.165, 1.54) is 5.56 Å². The summed E-state index contributed by atoms with van der Waals surface area (Å²) >= 11 is 3.26. The lowest BCUT2D eigenvalue weighted by Gasteiger charge is -2.40. The molecule has 1 saturated heterocycles. The highest BCUT2D eigenvalue weighted by Crippen LogP contribution is 2.24. The van der Waals surface area contributed by atoms with E-state index >= 15 is 0 Å². The van der Waals surface area contributed by atoms with Crippen molar-refractivity contribution in [1.82, 2.24) is 14.8 Å². The van der Waals surface area contributed by atoms with Crippen molar-refractivity contribution in [3.63, 3.8) is 0 Å². The van der Waals surface area contributed by atoms with Gasteiger partial charge in [0.25, 0.3) is 0 Å². The van der Waals surface area contributed by atoms with Gasteiger partial charge in [-0.2, -0.15) is 11.3 Å². The molecular weight excluding hydrogens is 388 g/mol. The van der Waals surface area contributed by atoms with Crippen molar-refractivity contribution < 1.29 is 4.79 Å². The number of aromatic nitrogens is 1. The Morgan fingerprint density at radius 3 is 2.89 bits per heavy atom. The van der Waals surface area contributed by atoms with Crippen LogP contribution < -0.4 is 5.73 Å².